The van der Waals surface area contributed by atoms with Crippen molar-refractivity contribution in [1.29, 1.82) is 0 Å². The zero-order valence-electron chi connectivity index (χ0n) is 16.0. The molecule has 1 aromatic carbocycles. The van der Waals surface area contributed by atoms with Crippen molar-refractivity contribution in [3.8, 4) is 0 Å². The molecule has 0 unspecified atom stereocenters. The van der Waals surface area contributed by atoms with E-state index in [0.29, 0.717) is 18.3 Å². The SMILES string of the molecule is O=C1CN=C(n2cnc(COC(F)(F)F)c2)C=C2c3cccc(C4CC4)c3CCN12. The fraction of sp³-hybridized carbons (Fsp3) is 0.381. The van der Waals surface area contributed by atoms with Crippen LogP contribution in [0.15, 0.2) is 41.8 Å². The summed E-state index contributed by atoms with van der Waals surface area (Å²) >= 11 is 0. The highest BCUT2D eigenvalue weighted by molar-refractivity contribution is 6.06. The highest BCUT2D eigenvalue weighted by atomic mass is 19.4. The predicted octanol–water partition coefficient (Wildman–Crippen LogP) is 3.48. The van der Waals surface area contributed by atoms with Crippen LogP contribution in [0.25, 0.3) is 5.70 Å². The number of halogens is 3. The summed E-state index contributed by atoms with van der Waals surface area (Å²) in [6.07, 6.45) is 3.12. The summed E-state index contributed by atoms with van der Waals surface area (Å²) in [6, 6.07) is 6.21. The number of amides is 1. The lowest BCUT2D eigenvalue weighted by Gasteiger charge is -2.32. The lowest BCUT2D eigenvalue weighted by atomic mass is 9.90. The van der Waals surface area contributed by atoms with Gasteiger partial charge in [0.15, 0.2) is 0 Å². The number of alkyl halides is 3. The maximum atomic E-state index is 12.7. The predicted molar refractivity (Wildman–Crippen MR) is 103 cm³/mol. The molecule has 1 aliphatic carbocycles. The van der Waals surface area contributed by atoms with E-state index >= 15 is 0 Å². The topological polar surface area (TPSA) is 59.7 Å². The standard InChI is InChI=1S/C21H19F3N4O2/c22-21(23,24)30-11-14-10-27(12-26-14)19-8-18-17-3-1-2-15(13-4-5-13)16(17)6-7-28(18)20(29)9-25-19/h1-3,8,10,12-13H,4-7,9,11H2. The molecule has 30 heavy (non-hydrogen) atoms. The fourth-order valence-electron chi connectivity index (χ4n) is 4.08. The van der Waals surface area contributed by atoms with E-state index in [1.165, 1.54) is 41.1 Å². The van der Waals surface area contributed by atoms with Crippen LogP contribution < -0.4 is 0 Å². The van der Waals surface area contributed by atoms with E-state index in [9.17, 15) is 18.0 Å². The van der Waals surface area contributed by atoms with Gasteiger partial charge in [-0.15, -0.1) is 13.2 Å². The zero-order valence-corrected chi connectivity index (χ0v) is 16.0. The molecule has 3 heterocycles. The fourth-order valence-corrected chi connectivity index (χ4v) is 4.08. The van der Waals surface area contributed by atoms with Gasteiger partial charge in [-0.05, 0) is 36.3 Å². The molecule has 9 heteroatoms. The minimum atomic E-state index is -4.72. The smallest absolute Gasteiger partial charge is 0.310 e. The maximum Gasteiger partial charge on any atom is 0.522 e. The Balaban J connectivity index is 1.49. The van der Waals surface area contributed by atoms with Gasteiger partial charge in [0.25, 0.3) is 0 Å². The lowest BCUT2D eigenvalue weighted by Crippen LogP contribution is -2.36. The molecule has 1 saturated carbocycles. The second-order valence-electron chi connectivity index (χ2n) is 7.65. The van der Waals surface area contributed by atoms with E-state index in [-0.39, 0.29) is 18.1 Å². The summed E-state index contributed by atoms with van der Waals surface area (Å²) in [5.74, 6) is 0.960. The van der Waals surface area contributed by atoms with E-state index in [0.717, 1.165) is 17.7 Å². The first-order valence-corrected chi connectivity index (χ1v) is 9.81. The van der Waals surface area contributed by atoms with Crippen LogP contribution in [-0.4, -0.2) is 45.6 Å². The number of carbonyl (C=O) groups is 1. The second-order valence-corrected chi connectivity index (χ2v) is 7.65. The Labute approximate surface area is 170 Å². The number of hydrogen-bond acceptors (Lipinski definition) is 4. The number of allylic oxidation sites excluding steroid dienone is 1. The largest absolute Gasteiger partial charge is 0.522 e. The van der Waals surface area contributed by atoms with Crippen molar-refractivity contribution >= 4 is 17.4 Å². The molecule has 0 N–H and O–H groups in total. The highest BCUT2D eigenvalue weighted by Gasteiger charge is 2.33. The first kappa shape index (κ1) is 19.0. The van der Waals surface area contributed by atoms with Gasteiger partial charge >= 0.3 is 6.36 Å². The van der Waals surface area contributed by atoms with Gasteiger partial charge in [0.1, 0.15) is 18.7 Å². The van der Waals surface area contributed by atoms with Gasteiger partial charge in [0.05, 0.1) is 18.0 Å². The average Bonchev–Trinajstić information content (AvgIpc) is 3.48. The third kappa shape index (κ3) is 3.65. The zero-order chi connectivity index (χ0) is 20.9. The van der Waals surface area contributed by atoms with E-state index in [1.54, 1.807) is 4.90 Å². The molecule has 0 radical (unpaired) electrons. The molecule has 2 aromatic rings. The molecule has 0 spiro atoms. The molecule has 6 nitrogen and oxygen atoms in total. The molecule has 1 aromatic heterocycles. The van der Waals surface area contributed by atoms with Gasteiger partial charge in [-0.1, -0.05) is 18.2 Å². The summed E-state index contributed by atoms with van der Waals surface area (Å²) in [4.78, 5) is 22.8. The lowest BCUT2D eigenvalue weighted by molar-refractivity contribution is -0.330. The molecule has 0 bridgehead atoms. The van der Waals surface area contributed by atoms with Gasteiger partial charge < -0.3 is 4.90 Å². The van der Waals surface area contributed by atoms with Crippen LogP contribution in [0, 0.1) is 0 Å². The molecule has 3 aliphatic rings. The Bertz CT molecular complexity index is 1070. The van der Waals surface area contributed by atoms with Gasteiger partial charge in [0, 0.05) is 24.4 Å². The van der Waals surface area contributed by atoms with E-state index in [4.69, 9.17) is 0 Å². The molecule has 0 atom stereocenters. The molecule has 156 valence electrons. The van der Waals surface area contributed by atoms with Crippen LogP contribution >= 0.6 is 0 Å². The number of rotatable bonds is 3. The van der Waals surface area contributed by atoms with Gasteiger partial charge in [0.2, 0.25) is 5.91 Å². The van der Waals surface area contributed by atoms with E-state index in [2.05, 4.69) is 20.8 Å². The number of nitrogens with zero attached hydrogens (tertiary/aromatic N) is 4. The minimum Gasteiger partial charge on any atom is -0.310 e. The Morgan fingerprint density at radius 3 is 2.83 bits per heavy atom. The molecule has 0 saturated heterocycles. The third-order valence-electron chi connectivity index (χ3n) is 5.61. The third-order valence-corrected chi connectivity index (χ3v) is 5.61. The number of aliphatic imine (C=N–C) groups is 1. The molecule has 1 amide bonds. The summed E-state index contributed by atoms with van der Waals surface area (Å²) in [7, 11) is 0. The molecule has 2 aliphatic heterocycles. The van der Waals surface area contributed by atoms with Crippen molar-refractivity contribution in [3.05, 3.63) is 59.2 Å². The van der Waals surface area contributed by atoms with Crippen molar-refractivity contribution in [3.63, 3.8) is 0 Å². The number of imidazole rings is 1. The van der Waals surface area contributed by atoms with Crippen molar-refractivity contribution in [2.75, 3.05) is 13.1 Å². The van der Waals surface area contributed by atoms with Crippen molar-refractivity contribution < 1.29 is 22.7 Å². The molecule has 1 fully saturated rings. The summed E-state index contributed by atoms with van der Waals surface area (Å²) < 4.78 is 42.2. The van der Waals surface area contributed by atoms with Gasteiger partial charge in [-0.25, -0.2) is 4.98 Å². The Kier molecular flexibility index (Phi) is 4.50. The number of hydrogen-bond donors (Lipinski definition) is 0. The van der Waals surface area contributed by atoms with Gasteiger partial charge in [-0.3, -0.25) is 19.1 Å². The van der Waals surface area contributed by atoms with E-state index in [1.807, 2.05) is 18.2 Å². The van der Waals surface area contributed by atoms with Crippen molar-refractivity contribution in [1.82, 2.24) is 14.5 Å². The Morgan fingerprint density at radius 1 is 1.23 bits per heavy atom. The minimum absolute atomic E-state index is 0.0282. The summed E-state index contributed by atoms with van der Waals surface area (Å²) in [5, 5.41) is 0. The monoisotopic (exact) mass is 416 g/mol. The molecular formula is C21H19F3N4O2. The Morgan fingerprint density at radius 2 is 2.07 bits per heavy atom. The van der Waals surface area contributed by atoms with Crippen LogP contribution in [0.4, 0.5) is 13.2 Å². The summed E-state index contributed by atoms with van der Waals surface area (Å²) in [5.41, 5.74) is 4.57. The second kappa shape index (κ2) is 7.09. The van der Waals surface area contributed by atoms with Crippen molar-refractivity contribution in [2.24, 2.45) is 4.99 Å². The highest BCUT2D eigenvalue weighted by Crippen LogP contribution is 2.44. The summed E-state index contributed by atoms with van der Waals surface area (Å²) in [6.45, 7) is -0.114. The number of carbonyl (C=O) groups excluding carboxylic acids is 1. The average molecular weight is 416 g/mol. The van der Waals surface area contributed by atoms with Gasteiger partial charge in [-0.2, -0.15) is 0 Å². The van der Waals surface area contributed by atoms with Crippen molar-refractivity contribution in [2.45, 2.75) is 38.1 Å². The van der Waals surface area contributed by atoms with Crippen LogP contribution in [0.5, 0.6) is 0 Å². The van der Waals surface area contributed by atoms with Crippen LogP contribution in [0.2, 0.25) is 0 Å². The van der Waals surface area contributed by atoms with E-state index < -0.39 is 13.0 Å². The number of fused-ring (bicyclic) bond motifs is 3. The number of benzene rings is 1. The first-order valence-electron chi connectivity index (χ1n) is 9.81. The quantitative estimate of drug-likeness (QED) is 0.770. The number of ether oxygens (including phenoxy) is 1. The van der Waals surface area contributed by atoms with Crippen LogP contribution in [-0.2, 0) is 22.6 Å². The first-order chi connectivity index (χ1) is 14.4. The number of aromatic nitrogens is 2. The maximum absolute atomic E-state index is 12.7. The van der Waals surface area contributed by atoms with Crippen LogP contribution in [0.3, 0.4) is 0 Å². The van der Waals surface area contributed by atoms with Crippen LogP contribution in [0.1, 0.15) is 41.1 Å². The normalized spacial score (nSPS) is 19.0. The molecule has 5 rings (SSSR count). The molecular weight excluding hydrogens is 397 g/mol. The Hall–Kier alpha value is -2.94.